The summed E-state index contributed by atoms with van der Waals surface area (Å²) in [7, 11) is 0. The van der Waals surface area contributed by atoms with Crippen molar-refractivity contribution in [2.45, 2.75) is 52.0 Å². The van der Waals surface area contributed by atoms with Gasteiger partial charge in [0.1, 0.15) is 5.82 Å². The van der Waals surface area contributed by atoms with Crippen molar-refractivity contribution in [3.63, 3.8) is 0 Å². The van der Waals surface area contributed by atoms with E-state index in [0.717, 1.165) is 38.3 Å². The van der Waals surface area contributed by atoms with Gasteiger partial charge in [-0.1, -0.05) is 0 Å². The SMILES string of the molecule is Cc1cnn(CC2CCN(c3nc(N)nc4c3CCCC4)CC2)c1. The predicted octanol–water partition coefficient (Wildman–Crippen LogP) is 2.36. The first-order valence-corrected chi connectivity index (χ1v) is 9.08. The molecule has 1 aliphatic heterocycles. The van der Waals surface area contributed by atoms with Gasteiger partial charge < -0.3 is 10.6 Å². The molecule has 0 aromatic carbocycles. The van der Waals surface area contributed by atoms with Crippen LogP contribution in [0.2, 0.25) is 0 Å². The maximum absolute atomic E-state index is 5.96. The van der Waals surface area contributed by atoms with E-state index < -0.39 is 0 Å². The van der Waals surface area contributed by atoms with E-state index in [1.54, 1.807) is 0 Å². The molecule has 3 heterocycles. The Morgan fingerprint density at radius 1 is 1.17 bits per heavy atom. The lowest BCUT2D eigenvalue weighted by Gasteiger charge is -2.34. The number of aryl methyl sites for hydroxylation is 2. The third-order valence-electron chi connectivity index (χ3n) is 5.30. The minimum atomic E-state index is 0.430. The van der Waals surface area contributed by atoms with E-state index in [-0.39, 0.29) is 0 Å². The Labute approximate surface area is 143 Å². The van der Waals surface area contributed by atoms with Crippen molar-refractivity contribution in [2.24, 2.45) is 5.92 Å². The van der Waals surface area contributed by atoms with Crippen LogP contribution in [0, 0.1) is 12.8 Å². The van der Waals surface area contributed by atoms with Crippen molar-refractivity contribution >= 4 is 11.8 Å². The monoisotopic (exact) mass is 326 g/mol. The molecule has 2 aliphatic rings. The first-order chi connectivity index (χ1) is 11.7. The van der Waals surface area contributed by atoms with E-state index in [0.29, 0.717) is 11.9 Å². The Hall–Kier alpha value is -2.11. The fourth-order valence-electron chi connectivity index (χ4n) is 4.01. The summed E-state index contributed by atoms with van der Waals surface area (Å²) in [5, 5.41) is 4.42. The Morgan fingerprint density at radius 2 is 1.96 bits per heavy atom. The molecule has 2 N–H and O–H groups in total. The van der Waals surface area contributed by atoms with Gasteiger partial charge in [0.2, 0.25) is 5.95 Å². The van der Waals surface area contributed by atoms with Gasteiger partial charge in [0.05, 0.1) is 11.9 Å². The molecule has 128 valence electrons. The maximum atomic E-state index is 5.96. The molecule has 0 unspecified atom stereocenters. The van der Waals surface area contributed by atoms with Gasteiger partial charge in [-0.3, -0.25) is 4.68 Å². The number of nitrogens with two attached hydrogens (primary N) is 1. The summed E-state index contributed by atoms with van der Waals surface area (Å²) in [4.78, 5) is 11.5. The maximum Gasteiger partial charge on any atom is 0.222 e. The van der Waals surface area contributed by atoms with Gasteiger partial charge in [-0.05, 0) is 56.9 Å². The minimum absolute atomic E-state index is 0.430. The zero-order chi connectivity index (χ0) is 16.5. The van der Waals surface area contributed by atoms with Crippen molar-refractivity contribution in [3.8, 4) is 0 Å². The number of hydrogen-bond acceptors (Lipinski definition) is 5. The number of nitrogens with zero attached hydrogens (tertiary/aromatic N) is 5. The lowest BCUT2D eigenvalue weighted by molar-refractivity contribution is 0.341. The van der Waals surface area contributed by atoms with E-state index >= 15 is 0 Å². The molecule has 6 heteroatoms. The lowest BCUT2D eigenvalue weighted by atomic mass is 9.93. The average molecular weight is 326 g/mol. The Bertz CT molecular complexity index is 714. The summed E-state index contributed by atoms with van der Waals surface area (Å²) in [5.41, 5.74) is 9.72. The number of fused-ring (bicyclic) bond motifs is 1. The van der Waals surface area contributed by atoms with Crippen molar-refractivity contribution in [2.75, 3.05) is 23.7 Å². The Morgan fingerprint density at radius 3 is 2.71 bits per heavy atom. The normalized spacial score (nSPS) is 18.6. The highest BCUT2D eigenvalue weighted by atomic mass is 15.3. The van der Waals surface area contributed by atoms with Gasteiger partial charge in [0, 0.05) is 31.4 Å². The van der Waals surface area contributed by atoms with Crippen molar-refractivity contribution in [1.29, 1.82) is 0 Å². The highest BCUT2D eigenvalue weighted by Crippen LogP contribution is 2.31. The van der Waals surface area contributed by atoms with E-state index in [1.165, 1.54) is 42.5 Å². The summed E-state index contributed by atoms with van der Waals surface area (Å²) < 4.78 is 2.08. The lowest BCUT2D eigenvalue weighted by Crippen LogP contribution is -2.37. The molecule has 0 atom stereocenters. The zero-order valence-corrected chi connectivity index (χ0v) is 14.4. The number of piperidine rings is 1. The first-order valence-electron chi connectivity index (χ1n) is 9.08. The third-order valence-corrected chi connectivity index (χ3v) is 5.30. The molecule has 0 bridgehead atoms. The van der Waals surface area contributed by atoms with Gasteiger partial charge >= 0.3 is 0 Å². The van der Waals surface area contributed by atoms with E-state index in [2.05, 4.69) is 37.8 Å². The van der Waals surface area contributed by atoms with Crippen LogP contribution in [0.3, 0.4) is 0 Å². The molecule has 24 heavy (non-hydrogen) atoms. The Kier molecular flexibility index (Phi) is 4.12. The second kappa shape index (κ2) is 6.42. The molecule has 2 aromatic rings. The quantitative estimate of drug-likeness (QED) is 0.937. The fraction of sp³-hybridized carbons (Fsp3) is 0.611. The molecule has 4 rings (SSSR count). The number of rotatable bonds is 3. The van der Waals surface area contributed by atoms with Crippen LogP contribution in [0.25, 0.3) is 0 Å². The second-order valence-corrected chi connectivity index (χ2v) is 7.21. The molecule has 1 fully saturated rings. The van der Waals surface area contributed by atoms with Crippen molar-refractivity contribution in [3.05, 3.63) is 29.2 Å². The van der Waals surface area contributed by atoms with Crippen LogP contribution in [-0.2, 0) is 19.4 Å². The molecule has 0 saturated carbocycles. The zero-order valence-electron chi connectivity index (χ0n) is 14.4. The molecule has 2 aromatic heterocycles. The standard InChI is InChI=1S/C18H26N6/c1-13-10-20-24(11-13)12-14-6-8-23(9-7-14)17-15-4-2-3-5-16(15)21-18(19)22-17/h10-11,14H,2-9,12H2,1H3,(H2,19,21,22). The smallest absolute Gasteiger partial charge is 0.222 e. The molecule has 6 nitrogen and oxygen atoms in total. The van der Waals surface area contributed by atoms with Crippen molar-refractivity contribution in [1.82, 2.24) is 19.7 Å². The van der Waals surface area contributed by atoms with Gasteiger partial charge in [0.25, 0.3) is 0 Å². The van der Waals surface area contributed by atoms with Crippen LogP contribution in [0.5, 0.6) is 0 Å². The van der Waals surface area contributed by atoms with Crippen LogP contribution < -0.4 is 10.6 Å². The summed E-state index contributed by atoms with van der Waals surface area (Å²) in [6.07, 6.45) is 11.0. The van der Waals surface area contributed by atoms with Crippen LogP contribution >= 0.6 is 0 Å². The summed E-state index contributed by atoms with van der Waals surface area (Å²) in [5.74, 6) is 2.22. The summed E-state index contributed by atoms with van der Waals surface area (Å²) >= 11 is 0. The molecule has 1 saturated heterocycles. The molecule has 0 amide bonds. The molecule has 1 aliphatic carbocycles. The summed E-state index contributed by atoms with van der Waals surface area (Å²) in [6, 6.07) is 0. The number of nitrogen functional groups attached to an aromatic ring is 1. The van der Waals surface area contributed by atoms with Crippen LogP contribution in [-0.4, -0.2) is 32.8 Å². The van der Waals surface area contributed by atoms with Crippen LogP contribution in [0.15, 0.2) is 12.4 Å². The molecule has 0 spiro atoms. The van der Waals surface area contributed by atoms with Crippen molar-refractivity contribution < 1.29 is 0 Å². The van der Waals surface area contributed by atoms with E-state index in [4.69, 9.17) is 5.73 Å². The van der Waals surface area contributed by atoms with Crippen LogP contribution in [0.4, 0.5) is 11.8 Å². The fourth-order valence-corrected chi connectivity index (χ4v) is 4.01. The van der Waals surface area contributed by atoms with E-state index in [1.807, 2.05) is 6.20 Å². The second-order valence-electron chi connectivity index (χ2n) is 7.21. The number of anilines is 2. The molecular formula is C18H26N6. The number of hydrogen-bond donors (Lipinski definition) is 1. The van der Waals surface area contributed by atoms with Gasteiger partial charge in [-0.25, -0.2) is 4.98 Å². The Balaban J connectivity index is 1.45. The first kappa shape index (κ1) is 15.4. The summed E-state index contributed by atoms with van der Waals surface area (Å²) in [6.45, 7) is 5.21. The van der Waals surface area contributed by atoms with Gasteiger partial charge in [0.15, 0.2) is 0 Å². The molecular weight excluding hydrogens is 300 g/mol. The minimum Gasteiger partial charge on any atom is -0.368 e. The van der Waals surface area contributed by atoms with Gasteiger partial charge in [-0.15, -0.1) is 0 Å². The van der Waals surface area contributed by atoms with E-state index in [9.17, 15) is 0 Å². The van der Waals surface area contributed by atoms with Crippen LogP contribution in [0.1, 0.15) is 42.5 Å². The van der Waals surface area contributed by atoms with Gasteiger partial charge in [-0.2, -0.15) is 10.1 Å². The predicted molar refractivity (Wildman–Crippen MR) is 95.0 cm³/mol. The number of aromatic nitrogens is 4. The topological polar surface area (TPSA) is 72.9 Å². The highest BCUT2D eigenvalue weighted by Gasteiger charge is 2.25. The highest BCUT2D eigenvalue weighted by molar-refractivity contribution is 5.53. The largest absolute Gasteiger partial charge is 0.368 e. The third kappa shape index (κ3) is 3.09. The average Bonchev–Trinajstić information content (AvgIpc) is 3.00. The molecule has 0 radical (unpaired) electrons.